The van der Waals surface area contributed by atoms with Gasteiger partial charge in [0.2, 0.25) is 0 Å². The van der Waals surface area contributed by atoms with Crippen molar-refractivity contribution >= 4 is 0 Å². The van der Waals surface area contributed by atoms with E-state index >= 15 is 0 Å². The van der Waals surface area contributed by atoms with Crippen LogP contribution in [0.4, 0.5) is 0 Å². The molecule has 2 nitrogen and oxygen atoms in total. The van der Waals surface area contributed by atoms with Crippen molar-refractivity contribution in [1.29, 1.82) is 0 Å². The molecule has 0 aliphatic rings. The number of aliphatic hydroxyl groups excluding tert-OH is 1. The summed E-state index contributed by atoms with van der Waals surface area (Å²) in [5, 5.41) is 10.0. The van der Waals surface area contributed by atoms with Crippen molar-refractivity contribution in [3.63, 3.8) is 0 Å². The normalized spacial score (nSPS) is 14.9. The number of rotatable bonds is 7. The van der Waals surface area contributed by atoms with Gasteiger partial charge in [-0.3, -0.25) is 0 Å². The largest absolute Gasteiger partial charge is 0.390 e. The fourth-order valence-corrected chi connectivity index (χ4v) is 2.20. The van der Waals surface area contributed by atoms with E-state index in [1.54, 1.807) is 7.11 Å². The highest BCUT2D eigenvalue weighted by Gasteiger charge is 2.21. The van der Waals surface area contributed by atoms with Crippen LogP contribution in [0.1, 0.15) is 32.3 Å². The van der Waals surface area contributed by atoms with Crippen LogP contribution in [0.3, 0.4) is 0 Å². The number of hydrogen-bond acceptors (Lipinski definition) is 2. The third-order valence-corrected chi connectivity index (χ3v) is 3.12. The van der Waals surface area contributed by atoms with Gasteiger partial charge in [0.05, 0.1) is 12.2 Å². The lowest BCUT2D eigenvalue weighted by Gasteiger charge is -2.24. The molecule has 1 aromatic rings. The number of benzene rings is 1. The standard InChI is InChI=1S/C15H24O2/c1-12(2)15(17-3)14(16)11-7-10-13-8-5-4-6-9-13/h4-6,8-9,12,14-16H,7,10-11H2,1-3H3. The van der Waals surface area contributed by atoms with Crippen LogP contribution in [0.25, 0.3) is 0 Å². The first-order valence-corrected chi connectivity index (χ1v) is 6.40. The molecular weight excluding hydrogens is 212 g/mol. The van der Waals surface area contributed by atoms with Crippen molar-refractivity contribution in [3.05, 3.63) is 35.9 Å². The minimum Gasteiger partial charge on any atom is -0.390 e. The van der Waals surface area contributed by atoms with Crippen LogP contribution < -0.4 is 0 Å². The van der Waals surface area contributed by atoms with Crippen molar-refractivity contribution in [1.82, 2.24) is 0 Å². The van der Waals surface area contributed by atoms with Crippen molar-refractivity contribution < 1.29 is 9.84 Å². The quantitative estimate of drug-likeness (QED) is 0.788. The Bertz CT molecular complexity index is 295. The van der Waals surface area contributed by atoms with Gasteiger partial charge in [-0.15, -0.1) is 0 Å². The van der Waals surface area contributed by atoms with Gasteiger partial charge in [-0.25, -0.2) is 0 Å². The summed E-state index contributed by atoms with van der Waals surface area (Å²) in [6, 6.07) is 10.4. The summed E-state index contributed by atoms with van der Waals surface area (Å²) in [5.74, 6) is 0.353. The van der Waals surface area contributed by atoms with Gasteiger partial charge in [-0.05, 0) is 30.7 Å². The minimum absolute atomic E-state index is 0.0502. The van der Waals surface area contributed by atoms with E-state index in [2.05, 4.69) is 38.1 Å². The molecule has 0 heterocycles. The molecule has 0 aliphatic carbocycles. The van der Waals surface area contributed by atoms with E-state index in [1.807, 2.05) is 6.07 Å². The zero-order valence-electron chi connectivity index (χ0n) is 11.1. The van der Waals surface area contributed by atoms with Gasteiger partial charge in [-0.1, -0.05) is 44.2 Å². The molecule has 96 valence electrons. The van der Waals surface area contributed by atoms with Gasteiger partial charge in [0.15, 0.2) is 0 Å². The third-order valence-electron chi connectivity index (χ3n) is 3.12. The number of aliphatic hydroxyl groups is 1. The van der Waals surface area contributed by atoms with Gasteiger partial charge >= 0.3 is 0 Å². The molecule has 0 saturated carbocycles. The zero-order chi connectivity index (χ0) is 12.7. The molecule has 2 atom stereocenters. The van der Waals surface area contributed by atoms with E-state index < -0.39 is 0 Å². The van der Waals surface area contributed by atoms with Crippen LogP contribution in [0, 0.1) is 5.92 Å². The van der Waals surface area contributed by atoms with Crippen LogP contribution in [0.2, 0.25) is 0 Å². The molecule has 0 radical (unpaired) electrons. The van der Waals surface area contributed by atoms with E-state index in [4.69, 9.17) is 4.74 Å². The Kier molecular flexibility index (Phi) is 6.23. The molecule has 0 spiro atoms. The second kappa shape index (κ2) is 7.46. The predicted octanol–water partition coefficient (Wildman–Crippen LogP) is 3.04. The molecule has 0 aliphatic heterocycles. The van der Waals surface area contributed by atoms with E-state index in [-0.39, 0.29) is 12.2 Å². The first-order valence-electron chi connectivity index (χ1n) is 6.40. The number of aryl methyl sites for hydroxylation is 1. The average Bonchev–Trinajstić information content (AvgIpc) is 2.30. The molecule has 2 unspecified atom stereocenters. The highest BCUT2D eigenvalue weighted by molar-refractivity contribution is 5.14. The predicted molar refractivity (Wildman–Crippen MR) is 71.0 cm³/mol. The lowest BCUT2D eigenvalue weighted by molar-refractivity contribution is -0.0412. The lowest BCUT2D eigenvalue weighted by atomic mass is 9.96. The minimum atomic E-state index is -0.358. The van der Waals surface area contributed by atoms with Crippen molar-refractivity contribution in [3.8, 4) is 0 Å². The highest BCUT2D eigenvalue weighted by atomic mass is 16.5. The molecule has 1 aromatic carbocycles. The number of ether oxygens (including phenoxy) is 1. The van der Waals surface area contributed by atoms with Crippen LogP contribution in [0.5, 0.6) is 0 Å². The number of methoxy groups -OCH3 is 1. The summed E-state index contributed by atoms with van der Waals surface area (Å²) in [7, 11) is 1.67. The Morgan fingerprint density at radius 1 is 1.18 bits per heavy atom. The van der Waals surface area contributed by atoms with Gasteiger partial charge in [0.25, 0.3) is 0 Å². The molecule has 0 amide bonds. The average molecular weight is 236 g/mol. The van der Waals surface area contributed by atoms with Crippen LogP contribution in [0.15, 0.2) is 30.3 Å². The highest BCUT2D eigenvalue weighted by Crippen LogP contribution is 2.15. The second-order valence-electron chi connectivity index (χ2n) is 4.89. The summed E-state index contributed by atoms with van der Waals surface area (Å²) >= 11 is 0. The number of hydrogen-bond donors (Lipinski definition) is 1. The SMILES string of the molecule is COC(C(C)C)C(O)CCCc1ccccc1. The first-order chi connectivity index (χ1) is 8.15. The smallest absolute Gasteiger partial charge is 0.0852 e. The molecule has 1 N–H and O–H groups in total. The molecule has 1 rings (SSSR count). The Morgan fingerprint density at radius 2 is 1.82 bits per heavy atom. The molecule has 17 heavy (non-hydrogen) atoms. The third kappa shape index (κ3) is 4.88. The van der Waals surface area contributed by atoms with Crippen LogP contribution in [-0.2, 0) is 11.2 Å². The van der Waals surface area contributed by atoms with E-state index in [0.29, 0.717) is 5.92 Å². The molecule has 2 heteroatoms. The van der Waals surface area contributed by atoms with Gasteiger partial charge in [-0.2, -0.15) is 0 Å². The van der Waals surface area contributed by atoms with Crippen molar-refractivity contribution in [2.24, 2.45) is 5.92 Å². The van der Waals surface area contributed by atoms with E-state index in [0.717, 1.165) is 19.3 Å². The molecule has 0 saturated heterocycles. The Hall–Kier alpha value is -0.860. The fourth-order valence-electron chi connectivity index (χ4n) is 2.20. The monoisotopic (exact) mass is 236 g/mol. The summed E-state index contributed by atoms with van der Waals surface area (Å²) in [4.78, 5) is 0. The Morgan fingerprint density at radius 3 is 2.35 bits per heavy atom. The summed E-state index contributed by atoms with van der Waals surface area (Å²) in [6.07, 6.45) is 2.41. The Balaban J connectivity index is 2.31. The first kappa shape index (κ1) is 14.2. The van der Waals surface area contributed by atoms with Gasteiger partial charge in [0.1, 0.15) is 0 Å². The summed E-state index contributed by atoms with van der Waals surface area (Å²) in [6.45, 7) is 4.16. The lowest BCUT2D eigenvalue weighted by Crippen LogP contribution is -2.32. The second-order valence-corrected chi connectivity index (χ2v) is 4.89. The van der Waals surface area contributed by atoms with Crippen molar-refractivity contribution in [2.75, 3.05) is 7.11 Å². The van der Waals surface area contributed by atoms with Crippen molar-refractivity contribution in [2.45, 2.75) is 45.3 Å². The van der Waals surface area contributed by atoms with Crippen LogP contribution >= 0.6 is 0 Å². The maximum atomic E-state index is 10.0. The molecular formula is C15H24O2. The summed E-state index contributed by atoms with van der Waals surface area (Å²) in [5.41, 5.74) is 1.33. The van der Waals surface area contributed by atoms with E-state index in [1.165, 1.54) is 5.56 Å². The maximum Gasteiger partial charge on any atom is 0.0852 e. The van der Waals surface area contributed by atoms with E-state index in [9.17, 15) is 5.11 Å². The van der Waals surface area contributed by atoms with Gasteiger partial charge < -0.3 is 9.84 Å². The fraction of sp³-hybridized carbons (Fsp3) is 0.600. The Labute approximate surface area is 105 Å². The molecule has 0 fully saturated rings. The molecule has 0 bridgehead atoms. The zero-order valence-corrected chi connectivity index (χ0v) is 11.1. The molecule has 0 aromatic heterocycles. The topological polar surface area (TPSA) is 29.5 Å². The van der Waals surface area contributed by atoms with Gasteiger partial charge in [0, 0.05) is 7.11 Å². The summed E-state index contributed by atoms with van der Waals surface area (Å²) < 4.78 is 5.33. The van der Waals surface area contributed by atoms with Crippen LogP contribution in [-0.4, -0.2) is 24.4 Å². The maximum absolute atomic E-state index is 10.0.